The van der Waals surface area contributed by atoms with Crippen LogP contribution in [0.25, 0.3) is 0 Å². The van der Waals surface area contributed by atoms with Gasteiger partial charge in [-0.25, -0.2) is 0 Å². The summed E-state index contributed by atoms with van der Waals surface area (Å²) in [6.45, 7) is 11.7. The highest BCUT2D eigenvalue weighted by atomic mass is 14.3. The van der Waals surface area contributed by atoms with Gasteiger partial charge in [0.15, 0.2) is 0 Å². The van der Waals surface area contributed by atoms with Gasteiger partial charge in [0, 0.05) is 0 Å². The van der Waals surface area contributed by atoms with Crippen LogP contribution < -0.4 is 0 Å². The van der Waals surface area contributed by atoms with E-state index in [1.165, 1.54) is 19.3 Å². The lowest BCUT2D eigenvalue weighted by atomic mass is 9.75. The lowest BCUT2D eigenvalue weighted by molar-refractivity contribution is 0.330. The minimum Gasteiger partial charge on any atom is -0.0738 e. The molecule has 13 heavy (non-hydrogen) atoms. The predicted molar refractivity (Wildman–Crippen MR) is 59.7 cm³/mol. The second-order valence-electron chi connectivity index (χ2n) is 5.21. The molecule has 1 atom stereocenters. The van der Waals surface area contributed by atoms with Crippen molar-refractivity contribution in [2.24, 2.45) is 17.8 Å². The topological polar surface area (TPSA) is 0 Å². The summed E-state index contributed by atoms with van der Waals surface area (Å²) >= 11 is 0. The summed E-state index contributed by atoms with van der Waals surface area (Å²) in [5.41, 5.74) is 3.41. The third-order valence-corrected chi connectivity index (χ3v) is 3.56. The Bertz CT molecular complexity index is 196. The van der Waals surface area contributed by atoms with Gasteiger partial charge in [-0.1, -0.05) is 38.8 Å². The van der Waals surface area contributed by atoms with Gasteiger partial charge in [0.2, 0.25) is 0 Å². The third-order valence-electron chi connectivity index (χ3n) is 3.56. The molecule has 0 heteroatoms. The molecule has 0 nitrogen and oxygen atoms in total. The lowest BCUT2D eigenvalue weighted by Gasteiger charge is -2.30. The molecule has 1 rings (SSSR count). The highest BCUT2D eigenvalue weighted by Gasteiger charge is 2.22. The van der Waals surface area contributed by atoms with Gasteiger partial charge in [0.05, 0.1) is 0 Å². The Labute approximate surface area is 83.4 Å². The average molecular weight is 180 g/mol. The maximum atomic E-state index is 2.36. The molecule has 0 aromatic carbocycles. The van der Waals surface area contributed by atoms with E-state index in [2.05, 4.69) is 34.6 Å². The van der Waals surface area contributed by atoms with E-state index in [0.29, 0.717) is 0 Å². The van der Waals surface area contributed by atoms with E-state index in [9.17, 15) is 0 Å². The van der Waals surface area contributed by atoms with Crippen molar-refractivity contribution in [3.63, 3.8) is 0 Å². The van der Waals surface area contributed by atoms with E-state index in [-0.39, 0.29) is 0 Å². The SMILES string of the molecule is CC1=C(C(C)C)CC(C(C)C)CC1. The zero-order valence-electron chi connectivity index (χ0n) is 9.85. The third kappa shape index (κ3) is 2.59. The van der Waals surface area contributed by atoms with Crippen LogP contribution in [0.3, 0.4) is 0 Å². The molecule has 1 aliphatic carbocycles. The van der Waals surface area contributed by atoms with Gasteiger partial charge in [-0.15, -0.1) is 0 Å². The number of hydrogen-bond acceptors (Lipinski definition) is 0. The average Bonchev–Trinajstić information content (AvgIpc) is 2.04. The molecule has 0 aromatic rings. The van der Waals surface area contributed by atoms with Gasteiger partial charge in [0.25, 0.3) is 0 Å². The van der Waals surface area contributed by atoms with E-state index >= 15 is 0 Å². The van der Waals surface area contributed by atoms with Gasteiger partial charge in [0.1, 0.15) is 0 Å². The maximum Gasteiger partial charge on any atom is -0.0257 e. The summed E-state index contributed by atoms with van der Waals surface area (Å²) in [5, 5.41) is 0. The molecule has 0 radical (unpaired) electrons. The molecular formula is C13H24. The molecule has 1 aliphatic rings. The predicted octanol–water partition coefficient (Wildman–Crippen LogP) is 4.42. The van der Waals surface area contributed by atoms with Gasteiger partial charge in [-0.2, -0.15) is 0 Å². The maximum absolute atomic E-state index is 2.36. The van der Waals surface area contributed by atoms with E-state index in [1.54, 1.807) is 11.1 Å². The molecule has 0 saturated carbocycles. The highest BCUT2D eigenvalue weighted by Crippen LogP contribution is 2.36. The first-order valence-electron chi connectivity index (χ1n) is 5.71. The second-order valence-corrected chi connectivity index (χ2v) is 5.21. The van der Waals surface area contributed by atoms with Gasteiger partial charge in [-0.3, -0.25) is 0 Å². The molecule has 0 saturated heterocycles. The van der Waals surface area contributed by atoms with Crippen molar-refractivity contribution in [3.05, 3.63) is 11.1 Å². The number of hydrogen-bond donors (Lipinski definition) is 0. The fourth-order valence-corrected chi connectivity index (χ4v) is 2.42. The molecule has 0 aliphatic heterocycles. The molecule has 1 unspecified atom stereocenters. The minimum absolute atomic E-state index is 0.765. The van der Waals surface area contributed by atoms with Crippen LogP contribution in [0.4, 0.5) is 0 Å². The van der Waals surface area contributed by atoms with Crippen LogP contribution in [-0.4, -0.2) is 0 Å². The molecule has 0 spiro atoms. The van der Waals surface area contributed by atoms with Crippen molar-refractivity contribution >= 4 is 0 Å². The highest BCUT2D eigenvalue weighted by molar-refractivity contribution is 5.18. The van der Waals surface area contributed by atoms with Crippen molar-refractivity contribution in [3.8, 4) is 0 Å². The van der Waals surface area contributed by atoms with E-state index < -0.39 is 0 Å². The van der Waals surface area contributed by atoms with Crippen molar-refractivity contribution < 1.29 is 0 Å². The number of allylic oxidation sites excluding steroid dienone is 2. The van der Waals surface area contributed by atoms with Crippen molar-refractivity contribution in [2.75, 3.05) is 0 Å². The van der Waals surface area contributed by atoms with Gasteiger partial charge >= 0.3 is 0 Å². The Kier molecular flexibility index (Phi) is 3.58. The summed E-state index contributed by atoms with van der Waals surface area (Å²) in [7, 11) is 0. The largest absolute Gasteiger partial charge is 0.0738 e. The summed E-state index contributed by atoms with van der Waals surface area (Å²) < 4.78 is 0. The Balaban J connectivity index is 2.70. The van der Waals surface area contributed by atoms with E-state index in [1.807, 2.05) is 0 Å². The normalized spacial score (nSPS) is 24.7. The smallest absolute Gasteiger partial charge is 0.0257 e. The fraction of sp³-hybridized carbons (Fsp3) is 0.846. The summed E-state index contributed by atoms with van der Waals surface area (Å²) in [6.07, 6.45) is 4.12. The molecule has 0 amide bonds. The van der Waals surface area contributed by atoms with Gasteiger partial charge in [-0.05, 0) is 43.9 Å². The lowest BCUT2D eigenvalue weighted by Crippen LogP contribution is -2.17. The molecule has 0 bridgehead atoms. The first kappa shape index (κ1) is 10.8. The van der Waals surface area contributed by atoms with Crippen LogP contribution in [0, 0.1) is 17.8 Å². The van der Waals surface area contributed by atoms with Crippen molar-refractivity contribution in [1.29, 1.82) is 0 Å². The molecule has 76 valence electrons. The van der Waals surface area contributed by atoms with Crippen LogP contribution in [0.1, 0.15) is 53.9 Å². The summed E-state index contributed by atoms with van der Waals surface area (Å²) in [6, 6.07) is 0. The van der Waals surface area contributed by atoms with Crippen molar-refractivity contribution in [2.45, 2.75) is 53.9 Å². The Morgan fingerprint density at radius 2 is 1.77 bits per heavy atom. The van der Waals surface area contributed by atoms with Crippen LogP contribution in [0.15, 0.2) is 11.1 Å². The zero-order valence-corrected chi connectivity index (χ0v) is 9.85. The standard InChI is InChI=1S/C13H24/c1-9(2)12-7-6-11(5)13(8-12)10(3)4/h9-10,12H,6-8H2,1-5H3. The fourth-order valence-electron chi connectivity index (χ4n) is 2.42. The van der Waals surface area contributed by atoms with Crippen LogP contribution in [0.2, 0.25) is 0 Å². The van der Waals surface area contributed by atoms with Gasteiger partial charge < -0.3 is 0 Å². The minimum atomic E-state index is 0.765. The van der Waals surface area contributed by atoms with E-state index in [0.717, 1.165) is 17.8 Å². The zero-order chi connectivity index (χ0) is 10.0. The molecule has 0 fully saturated rings. The molecule has 0 aromatic heterocycles. The Morgan fingerprint density at radius 1 is 1.15 bits per heavy atom. The number of rotatable bonds is 2. The first-order chi connectivity index (χ1) is 6.02. The Morgan fingerprint density at radius 3 is 2.23 bits per heavy atom. The molecular weight excluding hydrogens is 156 g/mol. The Hall–Kier alpha value is -0.260. The second kappa shape index (κ2) is 4.30. The molecule has 0 N–H and O–H groups in total. The summed E-state index contributed by atoms with van der Waals surface area (Å²) in [4.78, 5) is 0. The molecule has 0 heterocycles. The van der Waals surface area contributed by atoms with E-state index in [4.69, 9.17) is 0 Å². The van der Waals surface area contributed by atoms with Crippen LogP contribution in [0.5, 0.6) is 0 Å². The first-order valence-corrected chi connectivity index (χ1v) is 5.71. The van der Waals surface area contributed by atoms with Crippen molar-refractivity contribution in [1.82, 2.24) is 0 Å². The van der Waals surface area contributed by atoms with Crippen LogP contribution >= 0.6 is 0 Å². The quantitative estimate of drug-likeness (QED) is 0.552. The summed E-state index contributed by atoms with van der Waals surface area (Å²) in [5.74, 6) is 2.57. The monoisotopic (exact) mass is 180 g/mol. The van der Waals surface area contributed by atoms with Crippen LogP contribution in [-0.2, 0) is 0 Å².